The van der Waals surface area contributed by atoms with E-state index < -0.39 is 17.7 Å². The van der Waals surface area contributed by atoms with E-state index in [1.54, 1.807) is 0 Å². The molecule has 0 fully saturated rings. The summed E-state index contributed by atoms with van der Waals surface area (Å²) in [5.41, 5.74) is -1.31. The Bertz CT molecular complexity index is 591. The van der Waals surface area contributed by atoms with Crippen LogP contribution in [0, 0.1) is 5.82 Å². The lowest BCUT2D eigenvalue weighted by molar-refractivity contribution is -0.140. The average Bonchev–Trinajstić information content (AvgIpc) is 2.60. The van der Waals surface area contributed by atoms with Crippen molar-refractivity contribution in [2.45, 2.75) is 6.18 Å². The van der Waals surface area contributed by atoms with Crippen molar-refractivity contribution in [3.8, 4) is 11.5 Å². The highest BCUT2D eigenvalue weighted by molar-refractivity contribution is 9.10. The zero-order valence-electron chi connectivity index (χ0n) is 8.96. The van der Waals surface area contributed by atoms with Gasteiger partial charge in [0.15, 0.2) is 17.3 Å². The van der Waals surface area contributed by atoms with E-state index in [0.717, 1.165) is 16.8 Å². The van der Waals surface area contributed by atoms with Crippen LogP contribution >= 0.6 is 15.9 Å². The third kappa shape index (κ3) is 2.38. The molecule has 0 N–H and O–H groups in total. The lowest BCUT2D eigenvalue weighted by Crippen LogP contribution is -2.05. The minimum absolute atomic E-state index is 0.174. The van der Waals surface area contributed by atoms with E-state index in [4.69, 9.17) is 0 Å². The normalized spacial score (nSPS) is 11.9. The Morgan fingerprint density at radius 2 is 2.00 bits per heavy atom. The van der Waals surface area contributed by atoms with Gasteiger partial charge in [0.1, 0.15) is 5.69 Å². The maximum atomic E-state index is 13.6. The Balaban J connectivity index is 2.55. The minimum atomic E-state index is -4.57. The molecule has 0 aliphatic carbocycles. The second-order valence-corrected chi connectivity index (χ2v) is 4.46. The predicted molar refractivity (Wildman–Crippen MR) is 59.1 cm³/mol. The smallest absolute Gasteiger partial charge is 0.332 e. The lowest BCUT2D eigenvalue weighted by Gasteiger charge is -2.02. The average molecular weight is 324 g/mol. The van der Waals surface area contributed by atoms with Gasteiger partial charge >= 0.3 is 6.18 Å². The summed E-state index contributed by atoms with van der Waals surface area (Å²) in [7, 11) is 1.35. The van der Waals surface area contributed by atoms with Crippen molar-refractivity contribution >= 4 is 15.9 Å². The zero-order chi connectivity index (χ0) is 13.5. The summed E-state index contributed by atoms with van der Waals surface area (Å²) in [5, 5.41) is 0. The van der Waals surface area contributed by atoms with Crippen LogP contribution in [0.3, 0.4) is 0 Å². The van der Waals surface area contributed by atoms with Gasteiger partial charge < -0.3 is 4.57 Å². The van der Waals surface area contributed by atoms with E-state index in [1.165, 1.54) is 13.2 Å². The van der Waals surface area contributed by atoms with Gasteiger partial charge in [0, 0.05) is 23.9 Å². The molecule has 0 spiro atoms. The van der Waals surface area contributed by atoms with Crippen molar-refractivity contribution in [1.82, 2.24) is 14.5 Å². The van der Waals surface area contributed by atoms with Crippen LogP contribution < -0.4 is 0 Å². The molecule has 0 amide bonds. The molecule has 18 heavy (non-hydrogen) atoms. The molecule has 8 heteroatoms. The van der Waals surface area contributed by atoms with Crippen LogP contribution in [0.1, 0.15) is 5.69 Å². The van der Waals surface area contributed by atoms with Crippen molar-refractivity contribution in [3.05, 3.63) is 34.4 Å². The third-order valence-corrected chi connectivity index (χ3v) is 2.62. The summed E-state index contributed by atoms with van der Waals surface area (Å²) in [4.78, 5) is 7.09. The van der Waals surface area contributed by atoms with Gasteiger partial charge in [0.25, 0.3) is 0 Å². The number of aromatic nitrogens is 3. The number of alkyl halides is 3. The molecule has 0 aliphatic rings. The number of rotatable bonds is 1. The topological polar surface area (TPSA) is 30.7 Å². The molecule has 0 aliphatic heterocycles. The summed E-state index contributed by atoms with van der Waals surface area (Å²) in [6, 6.07) is 1.12. The maximum Gasteiger partial charge on any atom is 0.434 e. The molecular weight excluding hydrogens is 318 g/mol. The second-order valence-electron chi connectivity index (χ2n) is 3.54. The van der Waals surface area contributed by atoms with E-state index in [-0.39, 0.29) is 11.5 Å². The molecule has 2 aromatic heterocycles. The molecule has 0 aromatic carbocycles. The van der Waals surface area contributed by atoms with Crippen LogP contribution in [0.25, 0.3) is 11.5 Å². The van der Waals surface area contributed by atoms with Crippen molar-refractivity contribution in [2.75, 3.05) is 0 Å². The summed E-state index contributed by atoms with van der Waals surface area (Å²) in [5.74, 6) is -0.917. The van der Waals surface area contributed by atoms with Gasteiger partial charge in [-0.05, 0) is 22.0 Å². The number of hydrogen-bond donors (Lipinski definition) is 0. The maximum absolute atomic E-state index is 13.6. The van der Waals surface area contributed by atoms with Crippen LogP contribution in [0.5, 0.6) is 0 Å². The first kappa shape index (κ1) is 13.0. The fourth-order valence-electron chi connectivity index (χ4n) is 1.40. The number of hydrogen-bond acceptors (Lipinski definition) is 2. The van der Waals surface area contributed by atoms with Gasteiger partial charge in [-0.25, -0.2) is 14.4 Å². The molecule has 0 unspecified atom stereocenters. The van der Waals surface area contributed by atoms with Crippen LogP contribution in [0.4, 0.5) is 17.6 Å². The van der Waals surface area contributed by atoms with Gasteiger partial charge in [0.05, 0.1) is 0 Å². The van der Waals surface area contributed by atoms with Crippen LogP contribution in [0.15, 0.2) is 22.9 Å². The first-order chi connectivity index (χ1) is 8.29. The van der Waals surface area contributed by atoms with Crippen molar-refractivity contribution in [3.63, 3.8) is 0 Å². The Morgan fingerprint density at radius 1 is 1.33 bits per heavy atom. The van der Waals surface area contributed by atoms with Crippen molar-refractivity contribution in [1.29, 1.82) is 0 Å². The summed E-state index contributed by atoms with van der Waals surface area (Å²) >= 11 is 3.01. The molecule has 96 valence electrons. The summed E-state index contributed by atoms with van der Waals surface area (Å²) < 4.78 is 52.5. The first-order valence-corrected chi connectivity index (χ1v) is 5.50. The first-order valence-electron chi connectivity index (χ1n) is 4.71. The van der Waals surface area contributed by atoms with E-state index >= 15 is 0 Å². The largest absolute Gasteiger partial charge is 0.434 e. The van der Waals surface area contributed by atoms with Gasteiger partial charge in [-0.2, -0.15) is 13.2 Å². The molecule has 0 atom stereocenters. The van der Waals surface area contributed by atoms with Gasteiger partial charge in [-0.3, -0.25) is 0 Å². The number of nitrogens with zero attached hydrogens (tertiary/aromatic N) is 3. The van der Waals surface area contributed by atoms with E-state index in [2.05, 4.69) is 25.9 Å². The van der Waals surface area contributed by atoms with Crippen molar-refractivity contribution < 1.29 is 17.6 Å². The molecular formula is C10H6BrF4N3. The second kappa shape index (κ2) is 4.34. The van der Waals surface area contributed by atoms with Crippen molar-refractivity contribution in [2.24, 2.45) is 7.05 Å². The molecule has 3 nitrogen and oxygen atoms in total. The Kier molecular flexibility index (Phi) is 3.14. The number of pyridine rings is 1. The van der Waals surface area contributed by atoms with Gasteiger partial charge in [-0.15, -0.1) is 0 Å². The number of imidazole rings is 1. The Labute approximate surface area is 108 Å². The highest BCUT2D eigenvalue weighted by Gasteiger charge is 2.35. The molecule has 0 radical (unpaired) electrons. The standard InChI is InChI=1S/C10H6BrF4N3/c1-18-4-7(10(13,14)15)17-9(18)8-6(12)2-5(11)3-16-8/h2-4H,1H3. The quantitative estimate of drug-likeness (QED) is 0.753. The monoisotopic (exact) mass is 323 g/mol. The Hall–Kier alpha value is -1.44. The molecule has 0 saturated heterocycles. The highest BCUT2D eigenvalue weighted by Crippen LogP contribution is 2.30. The molecule has 0 saturated carbocycles. The number of halogens is 5. The lowest BCUT2D eigenvalue weighted by atomic mass is 10.3. The predicted octanol–water partition coefficient (Wildman–Crippen LogP) is 3.40. The van der Waals surface area contributed by atoms with Crippen LogP contribution in [0.2, 0.25) is 0 Å². The summed E-state index contributed by atoms with van der Waals surface area (Å²) in [6.45, 7) is 0. The third-order valence-electron chi connectivity index (χ3n) is 2.19. The fraction of sp³-hybridized carbons (Fsp3) is 0.200. The SMILES string of the molecule is Cn1cc(C(F)(F)F)nc1-c1ncc(Br)cc1F. The Morgan fingerprint density at radius 3 is 2.50 bits per heavy atom. The molecule has 0 bridgehead atoms. The molecule has 2 aromatic rings. The van der Waals surface area contributed by atoms with E-state index in [1.807, 2.05) is 0 Å². The molecule has 2 rings (SSSR count). The molecule has 2 heterocycles. The van der Waals surface area contributed by atoms with Gasteiger partial charge in [0.2, 0.25) is 0 Å². The van der Waals surface area contributed by atoms with Crippen LogP contribution in [-0.4, -0.2) is 14.5 Å². The minimum Gasteiger partial charge on any atom is -0.332 e. The van der Waals surface area contributed by atoms with E-state index in [9.17, 15) is 17.6 Å². The summed E-state index contributed by atoms with van der Waals surface area (Å²) in [6.07, 6.45) is -2.49. The van der Waals surface area contributed by atoms with E-state index in [0.29, 0.717) is 4.47 Å². The number of aryl methyl sites for hydroxylation is 1. The van der Waals surface area contributed by atoms with Crippen LogP contribution in [-0.2, 0) is 13.2 Å². The zero-order valence-corrected chi connectivity index (χ0v) is 10.5. The fourth-order valence-corrected chi connectivity index (χ4v) is 1.71. The highest BCUT2D eigenvalue weighted by atomic mass is 79.9. The van der Waals surface area contributed by atoms with Gasteiger partial charge in [-0.1, -0.05) is 0 Å².